The Labute approximate surface area is 167 Å². The maximum Gasteiger partial charge on any atom is 0.311 e. The summed E-state index contributed by atoms with van der Waals surface area (Å²) in [5.74, 6) is -1.14. The molecule has 2 aromatic rings. The number of carbonyl (C=O) groups is 1. The van der Waals surface area contributed by atoms with E-state index in [-0.39, 0.29) is 29.9 Å². The third-order valence-corrected chi connectivity index (χ3v) is 6.73. The van der Waals surface area contributed by atoms with Crippen LogP contribution < -0.4 is 0 Å². The van der Waals surface area contributed by atoms with Gasteiger partial charge in [-0.05, 0) is 45.4 Å². The predicted molar refractivity (Wildman–Crippen MR) is 108 cm³/mol. The lowest BCUT2D eigenvalue weighted by Gasteiger charge is -2.24. The highest BCUT2D eigenvalue weighted by Gasteiger charge is 2.45. The maximum absolute atomic E-state index is 13.1. The Bertz CT molecular complexity index is 931. The van der Waals surface area contributed by atoms with Gasteiger partial charge in [0.1, 0.15) is 5.60 Å². The first-order chi connectivity index (χ1) is 13.1. The topological polar surface area (TPSA) is 63.7 Å². The van der Waals surface area contributed by atoms with Gasteiger partial charge in [0.05, 0.1) is 10.8 Å². The summed E-state index contributed by atoms with van der Waals surface area (Å²) in [6.07, 6.45) is 0. The van der Waals surface area contributed by atoms with Crippen LogP contribution in [0.4, 0.5) is 0 Å². The van der Waals surface area contributed by atoms with E-state index in [1.807, 2.05) is 58.0 Å². The van der Waals surface area contributed by atoms with Crippen LogP contribution in [0.15, 0.2) is 59.5 Å². The molecule has 1 saturated heterocycles. The number of esters is 1. The summed E-state index contributed by atoms with van der Waals surface area (Å²) in [6, 6.07) is 16.4. The highest BCUT2D eigenvalue weighted by Crippen LogP contribution is 2.37. The minimum atomic E-state index is -3.68. The molecule has 0 radical (unpaired) electrons. The van der Waals surface area contributed by atoms with Crippen molar-refractivity contribution in [1.82, 2.24) is 4.31 Å². The molecule has 1 heterocycles. The third-order valence-electron chi connectivity index (χ3n) is 4.88. The molecule has 1 fully saturated rings. The molecule has 6 heteroatoms. The number of benzene rings is 2. The number of ether oxygens (including phenoxy) is 1. The van der Waals surface area contributed by atoms with Gasteiger partial charge in [-0.15, -0.1) is 0 Å². The van der Waals surface area contributed by atoms with Crippen molar-refractivity contribution < 1.29 is 17.9 Å². The monoisotopic (exact) mass is 401 g/mol. The summed E-state index contributed by atoms with van der Waals surface area (Å²) in [7, 11) is -3.68. The fourth-order valence-corrected chi connectivity index (χ4v) is 4.97. The van der Waals surface area contributed by atoms with Gasteiger partial charge in [-0.25, -0.2) is 8.42 Å². The van der Waals surface area contributed by atoms with E-state index in [1.165, 1.54) is 4.31 Å². The molecule has 0 aliphatic carbocycles. The standard InChI is InChI=1S/C22H27NO4S/c1-16-10-12-18(13-11-16)28(25,26)23-14-19(17-8-6-5-7-9-17)20(15-23)21(24)27-22(2,3)4/h5-13,19-20H,14-15H2,1-4H3/t19-,20?/m0/s1. The fourth-order valence-electron chi connectivity index (χ4n) is 3.48. The number of hydrogen-bond acceptors (Lipinski definition) is 4. The van der Waals surface area contributed by atoms with Gasteiger partial charge in [-0.3, -0.25) is 4.79 Å². The van der Waals surface area contributed by atoms with Gasteiger partial charge in [0.15, 0.2) is 0 Å². The largest absolute Gasteiger partial charge is 0.460 e. The van der Waals surface area contributed by atoms with Crippen molar-refractivity contribution in [3.05, 3.63) is 65.7 Å². The van der Waals surface area contributed by atoms with Gasteiger partial charge >= 0.3 is 5.97 Å². The van der Waals surface area contributed by atoms with E-state index in [1.54, 1.807) is 24.3 Å². The first-order valence-electron chi connectivity index (χ1n) is 9.42. The van der Waals surface area contributed by atoms with Crippen LogP contribution in [0.3, 0.4) is 0 Å². The van der Waals surface area contributed by atoms with E-state index in [2.05, 4.69) is 0 Å². The van der Waals surface area contributed by atoms with E-state index < -0.39 is 21.5 Å². The molecule has 1 aliphatic rings. The summed E-state index contributed by atoms with van der Waals surface area (Å²) in [5.41, 5.74) is 1.32. The van der Waals surface area contributed by atoms with Crippen LogP contribution in [0.1, 0.15) is 37.8 Å². The molecule has 1 unspecified atom stereocenters. The normalized spacial score (nSPS) is 20.9. The van der Waals surface area contributed by atoms with E-state index in [0.717, 1.165) is 11.1 Å². The summed E-state index contributed by atoms with van der Waals surface area (Å²) in [4.78, 5) is 13.1. The average Bonchev–Trinajstić information content (AvgIpc) is 3.08. The molecule has 0 N–H and O–H groups in total. The number of sulfonamides is 1. The predicted octanol–water partition coefficient (Wildman–Crippen LogP) is 3.74. The number of hydrogen-bond donors (Lipinski definition) is 0. The number of rotatable bonds is 4. The lowest BCUT2D eigenvalue weighted by Crippen LogP contribution is -2.33. The van der Waals surface area contributed by atoms with Crippen LogP contribution in [0.5, 0.6) is 0 Å². The van der Waals surface area contributed by atoms with Crippen LogP contribution in [0.25, 0.3) is 0 Å². The molecule has 3 rings (SSSR count). The Morgan fingerprint density at radius 2 is 1.61 bits per heavy atom. The molecule has 2 aromatic carbocycles. The van der Waals surface area contributed by atoms with Crippen molar-refractivity contribution in [2.75, 3.05) is 13.1 Å². The average molecular weight is 402 g/mol. The molecule has 0 bridgehead atoms. The molecule has 0 aromatic heterocycles. The van der Waals surface area contributed by atoms with Crippen LogP contribution in [0, 0.1) is 12.8 Å². The van der Waals surface area contributed by atoms with Crippen molar-refractivity contribution in [2.24, 2.45) is 5.92 Å². The number of carbonyl (C=O) groups excluding carboxylic acids is 1. The summed E-state index contributed by atoms with van der Waals surface area (Å²) in [5, 5.41) is 0. The van der Waals surface area contributed by atoms with Crippen LogP contribution >= 0.6 is 0 Å². The summed E-state index contributed by atoms with van der Waals surface area (Å²) >= 11 is 0. The second-order valence-corrected chi connectivity index (χ2v) is 10.2. The highest BCUT2D eigenvalue weighted by molar-refractivity contribution is 7.89. The first-order valence-corrected chi connectivity index (χ1v) is 10.9. The zero-order valence-electron chi connectivity index (χ0n) is 16.8. The smallest absolute Gasteiger partial charge is 0.311 e. The van der Waals surface area contributed by atoms with Crippen LogP contribution in [-0.2, 0) is 19.6 Å². The Morgan fingerprint density at radius 3 is 2.18 bits per heavy atom. The number of nitrogens with zero attached hydrogens (tertiary/aromatic N) is 1. The van der Waals surface area contributed by atoms with Crippen LogP contribution in [-0.4, -0.2) is 37.4 Å². The van der Waals surface area contributed by atoms with E-state index in [9.17, 15) is 13.2 Å². The molecular formula is C22H27NO4S. The Morgan fingerprint density at radius 1 is 1.00 bits per heavy atom. The SMILES string of the molecule is Cc1ccc(S(=O)(=O)N2CC(C(=O)OC(C)(C)C)[C@H](c3ccccc3)C2)cc1. The van der Waals surface area contributed by atoms with Gasteiger partial charge in [-0.2, -0.15) is 4.31 Å². The minimum absolute atomic E-state index is 0.116. The van der Waals surface area contributed by atoms with Crippen molar-refractivity contribution in [3.8, 4) is 0 Å². The maximum atomic E-state index is 13.1. The lowest BCUT2D eigenvalue weighted by molar-refractivity contribution is -0.159. The van der Waals surface area contributed by atoms with Gasteiger partial charge in [0.2, 0.25) is 10.0 Å². The van der Waals surface area contributed by atoms with E-state index in [4.69, 9.17) is 4.74 Å². The van der Waals surface area contributed by atoms with Crippen LogP contribution in [0.2, 0.25) is 0 Å². The summed E-state index contributed by atoms with van der Waals surface area (Å²) < 4.78 is 33.3. The van der Waals surface area contributed by atoms with Crippen molar-refractivity contribution in [2.45, 2.75) is 44.1 Å². The molecule has 150 valence electrons. The molecule has 0 saturated carbocycles. The Kier molecular flexibility index (Phi) is 5.64. The summed E-state index contributed by atoms with van der Waals surface area (Å²) in [6.45, 7) is 7.74. The molecule has 5 nitrogen and oxygen atoms in total. The van der Waals surface area contributed by atoms with Gasteiger partial charge in [0, 0.05) is 19.0 Å². The quantitative estimate of drug-likeness (QED) is 0.732. The Hall–Kier alpha value is -2.18. The molecule has 2 atom stereocenters. The second kappa shape index (κ2) is 7.68. The zero-order chi connectivity index (χ0) is 20.5. The lowest BCUT2D eigenvalue weighted by atomic mass is 9.89. The molecule has 28 heavy (non-hydrogen) atoms. The van der Waals surface area contributed by atoms with Gasteiger partial charge in [0.25, 0.3) is 0 Å². The molecule has 1 aliphatic heterocycles. The van der Waals surface area contributed by atoms with Crippen molar-refractivity contribution >= 4 is 16.0 Å². The van der Waals surface area contributed by atoms with Crippen molar-refractivity contribution in [1.29, 1.82) is 0 Å². The zero-order valence-corrected chi connectivity index (χ0v) is 17.6. The second-order valence-electron chi connectivity index (χ2n) is 8.29. The fraction of sp³-hybridized carbons (Fsp3) is 0.409. The van der Waals surface area contributed by atoms with Crippen molar-refractivity contribution in [3.63, 3.8) is 0 Å². The van der Waals surface area contributed by atoms with Gasteiger partial charge in [-0.1, -0.05) is 48.0 Å². The van der Waals surface area contributed by atoms with E-state index in [0.29, 0.717) is 0 Å². The minimum Gasteiger partial charge on any atom is -0.460 e. The van der Waals surface area contributed by atoms with Gasteiger partial charge < -0.3 is 4.74 Å². The molecular weight excluding hydrogens is 374 g/mol. The highest BCUT2D eigenvalue weighted by atomic mass is 32.2. The first kappa shape index (κ1) is 20.6. The molecule has 0 amide bonds. The van der Waals surface area contributed by atoms with E-state index >= 15 is 0 Å². The Balaban J connectivity index is 1.93. The number of aryl methyl sites for hydroxylation is 1. The molecule has 0 spiro atoms. The third kappa shape index (κ3) is 4.45.